The number of fused-ring (bicyclic) bond motifs is 9. The van der Waals surface area contributed by atoms with Gasteiger partial charge in [0.15, 0.2) is 11.9 Å². The Labute approximate surface area is 281 Å². The molecule has 20 atom stereocenters. The first-order chi connectivity index (χ1) is 22.3. The van der Waals surface area contributed by atoms with Gasteiger partial charge in [-0.3, -0.25) is 4.79 Å². The molecule has 8 rings (SSSR count). The number of carbonyl (C=O) groups is 2. The lowest BCUT2D eigenvalue weighted by Gasteiger charge is -2.67. The second-order valence-electron chi connectivity index (χ2n) is 17.9. The van der Waals surface area contributed by atoms with Crippen LogP contribution in [0, 0.1) is 62.6 Å². The van der Waals surface area contributed by atoms with Crippen LogP contribution in [0.15, 0.2) is 5.18 Å². The summed E-state index contributed by atoms with van der Waals surface area (Å²) in [7, 11) is 0. The van der Waals surface area contributed by atoms with Crippen molar-refractivity contribution < 1.29 is 43.5 Å². The number of esters is 2. The second kappa shape index (κ2) is 9.77. The Balaban J connectivity index is 1.29. The van der Waals surface area contributed by atoms with Crippen molar-refractivity contribution in [2.24, 2.45) is 74.3 Å². The molecule has 5 saturated carbocycles. The van der Waals surface area contributed by atoms with Crippen LogP contribution in [0.4, 0.5) is 0 Å². The van der Waals surface area contributed by atoms with Crippen molar-refractivity contribution in [3.05, 3.63) is 4.91 Å². The highest BCUT2D eigenvalue weighted by Gasteiger charge is 2.93. The molecule has 8 aliphatic rings. The molecule has 1 spiro atoms. The summed E-state index contributed by atoms with van der Waals surface area (Å²) in [6, 6.07) is -1.39. The van der Waals surface area contributed by atoms with E-state index in [0.717, 1.165) is 0 Å². The van der Waals surface area contributed by atoms with Crippen LogP contribution >= 0.6 is 0 Å². The molecule has 13 nitrogen and oxygen atoms in total. The van der Waals surface area contributed by atoms with Crippen molar-refractivity contribution in [1.82, 2.24) is 0 Å². The van der Waals surface area contributed by atoms with Crippen LogP contribution in [0.5, 0.6) is 0 Å². The molecule has 3 heterocycles. The fourth-order valence-electron chi connectivity index (χ4n) is 13.5. The van der Waals surface area contributed by atoms with Crippen molar-refractivity contribution in [3.63, 3.8) is 0 Å². The van der Waals surface area contributed by atoms with Crippen LogP contribution < -0.4 is 11.5 Å². The number of hydrogen-bond acceptors (Lipinski definition) is 13. The predicted octanol–water partition coefficient (Wildman–Crippen LogP) is 1.97. The SMILES string of the molecule is CC(=O)O[C@H]1CC2C([C@@H](N=O)[C@H](N)[C@H]3C[C@@H]4O[C@@H]4[C@H](OC(O)CC(C)C)[C@]23C)[C@@H]2C[C@@H]3[C@](N)([C@H](C)[C@H]4O[C@]45OC(=O)[C@@](C)(O)[C@]35C)[C@@]12C. The molecular weight excluding hydrogens is 622 g/mol. The summed E-state index contributed by atoms with van der Waals surface area (Å²) >= 11 is 0. The van der Waals surface area contributed by atoms with E-state index in [1.165, 1.54) is 13.8 Å². The molecule has 0 aromatic rings. The maximum Gasteiger partial charge on any atom is 0.341 e. The van der Waals surface area contributed by atoms with Crippen LogP contribution in [0.2, 0.25) is 0 Å². The van der Waals surface area contributed by atoms with E-state index in [0.29, 0.717) is 25.7 Å². The fourth-order valence-corrected chi connectivity index (χ4v) is 13.5. The third-order valence-electron chi connectivity index (χ3n) is 16.0. The van der Waals surface area contributed by atoms with Crippen molar-refractivity contribution in [2.75, 3.05) is 0 Å². The molecule has 3 unspecified atom stereocenters. The van der Waals surface area contributed by atoms with Crippen LogP contribution in [0.25, 0.3) is 0 Å². The van der Waals surface area contributed by atoms with E-state index in [-0.39, 0.29) is 41.8 Å². The maximum absolute atomic E-state index is 13.3. The summed E-state index contributed by atoms with van der Waals surface area (Å²) in [5.74, 6) is -4.41. The molecule has 3 aliphatic heterocycles. The Hall–Kier alpha value is -1.74. The lowest BCUT2D eigenvalue weighted by molar-refractivity contribution is -0.252. The summed E-state index contributed by atoms with van der Waals surface area (Å²) in [5.41, 5.74) is 9.06. The summed E-state index contributed by atoms with van der Waals surface area (Å²) < 4.78 is 31.2. The second-order valence-corrected chi connectivity index (χ2v) is 17.9. The zero-order chi connectivity index (χ0) is 34.9. The van der Waals surface area contributed by atoms with Gasteiger partial charge in [0.1, 0.15) is 24.4 Å². The molecule has 48 heavy (non-hydrogen) atoms. The number of hydrogen-bond donors (Lipinski definition) is 4. The number of nitroso groups, excluding NO2 is 1. The van der Waals surface area contributed by atoms with Crippen molar-refractivity contribution in [3.8, 4) is 0 Å². The number of carbonyl (C=O) groups excluding carboxylic acids is 2. The minimum Gasteiger partial charge on any atom is -0.462 e. The van der Waals surface area contributed by atoms with E-state index in [9.17, 15) is 24.7 Å². The third-order valence-corrected chi connectivity index (χ3v) is 16.0. The minimum atomic E-state index is -1.91. The highest BCUT2D eigenvalue weighted by Crippen LogP contribution is 2.81. The summed E-state index contributed by atoms with van der Waals surface area (Å²) in [6.07, 6.45) is -1.23. The number of rotatable bonds is 6. The van der Waals surface area contributed by atoms with Gasteiger partial charge in [-0.25, -0.2) is 4.79 Å². The normalized spacial score (nSPS) is 60.6. The number of nitrogens with two attached hydrogens (primary N) is 2. The topological polar surface area (TPSA) is 209 Å². The maximum atomic E-state index is 13.3. The van der Waals surface area contributed by atoms with Gasteiger partial charge in [-0.2, -0.15) is 4.91 Å². The molecule has 0 aromatic carbocycles. The first-order valence-corrected chi connectivity index (χ1v) is 17.9. The van der Waals surface area contributed by atoms with E-state index in [1.54, 1.807) is 0 Å². The molecule has 0 radical (unpaired) electrons. The molecule has 5 aliphatic carbocycles. The number of ether oxygens (including phenoxy) is 5. The standard InChI is InChI=1S/C35H53N3O10/c1-13(2)9-22(40)46-28-26-19(45-26)10-18-24(36)25(38-43)23-16(30(18,28)5)12-21(44-15(4)39)31(6)17(23)11-20-32(7)33(8,42)29(41)48-35(32)27(47-35)14(3)34(20,31)37/h13-14,16-28,40,42H,9-12,36-37H2,1-8H3/t14-,16?,17+,18-,19+,20+,21+,22?,23?,24-,25-,26+,27-,28+,30-,31-,32+,33-,34-,35+/m1/s1. The quantitative estimate of drug-likeness (QED) is 0.138. The molecular formula is C35H53N3O10. The van der Waals surface area contributed by atoms with Crippen LogP contribution in [-0.4, -0.2) is 88.0 Å². The van der Waals surface area contributed by atoms with Gasteiger partial charge in [0.2, 0.25) is 5.79 Å². The number of aliphatic hydroxyl groups excluding tert-OH is 1. The lowest BCUT2D eigenvalue weighted by atomic mass is 9.40. The monoisotopic (exact) mass is 675 g/mol. The summed E-state index contributed by atoms with van der Waals surface area (Å²) in [5, 5.41) is 26.8. The largest absolute Gasteiger partial charge is 0.462 e. The Morgan fingerprint density at radius 1 is 1.12 bits per heavy atom. The third kappa shape index (κ3) is 3.53. The Morgan fingerprint density at radius 2 is 1.81 bits per heavy atom. The first-order valence-electron chi connectivity index (χ1n) is 17.9. The zero-order valence-electron chi connectivity index (χ0n) is 29.3. The Bertz CT molecular complexity index is 1440. The van der Waals surface area contributed by atoms with Crippen molar-refractivity contribution in [2.45, 2.75) is 147 Å². The van der Waals surface area contributed by atoms with E-state index in [4.69, 9.17) is 35.2 Å². The average Bonchev–Trinajstić information content (AvgIpc) is 3.89. The molecule has 3 saturated heterocycles. The number of nitrogens with zero attached hydrogens (tertiary/aromatic N) is 1. The Morgan fingerprint density at radius 3 is 2.44 bits per heavy atom. The van der Waals surface area contributed by atoms with E-state index < -0.39 is 93.6 Å². The highest BCUT2D eigenvalue weighted by atomic mass is 16.8. The molecule has 268 valence electrons. The van der Waals surface area contributed by atoms with Gasteiger partial charge >= 0.3 is 11.9 Å². The first kappa shape index (κ1) is 33.4. The molecule has 13 heteroatoms. The summed E-state index contributed by atoms with van der Waals surface area (Å²) in [6.45, 7) is 14.9. The van der Waals surface area contributed by atoms with Gasteiger partial charge in [-0.05, 0) is 68.6 Å². The zero-order valence-corrected chi connectivity index (χ0v) is 29.3. The Kier molecular flexibility index (Phi) is 6.80. The number of aliphatic hydroxyl groups is 2. The molecule has 0 aromatic heterocycles. The molecule has 8 fully saturated rings. The number of epoxide rings is 2. The molecule has 0 amide bonds. The van der Waals surface area contributed by atoms with Crippen LogP contribution in [-0.2, 0) is 33.3 Å². The highest BCUT2D eigenvalue weighted by molar-refractivity contribution is 5.84. The van der Waals surface area contributed by atoms with Gasteiger partial charge in [0, 0.05) is 41.7 Å². The molecule has 6 N–H and O–H groups in total. The van der Waals surface area contributed by atoms with E-state index in [1.807, 2.05) is 34.6 Å². The predicted molar refractivity (Wildman–Crippen MR) is 168 cm³/mol. The van der Waals surface area contributed by atoms with Gasteiger partial charge in [0.25, 0.3) is 0 Å². The fraction of sp³-hybridized carbons (Fsp3) is 0.943. The minimum absolute atomic E-state index is 0.0835. The van der Waals surface area contributed by atoms with Crippen molar-refractivity contribution in [1.29, 1.82) is 0 Å². The van der Waals surface area contributed by atoms with Gasteiger partial charge in [-0.15, -0.1) is 0 Å². The molecule has 0 bridgehead atoms. The smallest absolute Gasteiger partial charge is 0.341 e. The van der Waals surface area contributed by atoms with Gasteiger partial charge < -0.3 is 45.4 Å². The lowest BCUT2D eigenvalue weighted by Crippen LogP contribution is -2.77. The van der Waals surface area contributed by atoms with Crippen LogP contribution in [0.3, 0.4) is 0 Å². The summed E-state index contributed by atoms with van der Waals surface area (Å²) in [4.78, 5) is 39.3. The van der Waals surface area contributed by atoms with E-state index in [2.05, 4.69) is 12.1 Å². The van der Waals surface area contributed by atoms with Gasteiger partial charge in [0.05, 0.1) is 17.6 Å². The van der Waals surface area contributed by atoms with Crippen LogP contribution in [0.1, 0.15) is 81.1 Å². The average molecular weight is 676 g/mol. The van der Waals surface area contributed by atoms with Crippen molar-refractivity contribution >= 4 is 11.9 Å². The van der Waals surface area contributed by atoms with Gasteiger partial charge in [-0.1, -0.05) is 39.8 Å². The van der Waals surface area contributed by atoms with E-state index >= 15 is 0 Å².